The van der Waals surface area contributed by atoms with Crippen molar-refractivity contribution in [3.63, 3.8) is 0 Å². The van der Waals surface area contributed by atoms with Gasteiger partial charge in [-0.15, -0.1) is 15.3 Å². The van der Waals surface area contributed by atoms with E-state index in [0.717, 1.165) is 54.6 Å². The van der Waals surface area contributed by atoms with Crippen LogP contribution in [0.5, 0.6) is 0 Å². The molecule has 0 radical (unpaired) electrons. The van der Waals surface area contributed by atoms with Gasteiger partial charge < -0.3 is 15.0 Å². The first-order valence-electron chi connectivity index (χ1n) is 10.6. The summed E-state index contributed by atoms with van der Waals surface area (Å²) in [5.41, 5.74) is 3.27. The zero-order valence-corrected chi connectivity index (χ0v) is 18.1. The second kappa shape index (κ2) is 7.46. The van der Waals surface area contributed by atoms with Crippen molar-refractivity contribution in [2.24, 2.45) is 5.92 Å². The van der Waals surface area contributed by atoms with Crippen LogP contribution in [0, 0.1) is 17.2 Å². The maximum Gasteiger partial charge on any atom is 0.178 e. The van der Waals surface area contributed by atoms with Gasteiger partial charge in [-0.25, -0.2) is 4.98 Å². The molecule has 0 amide bonds. The largest absolute Gasteiger partial charge is 0.376 e. The fourth-order valence-corrected chi connectivity index (χ4v) is 4.05. The summed E-state index contributed by atoms with van der Waals surface area (Å²) in [5.74, 6) is 2.93. The van der Waals surface area contributed by atoms with Crippen molar-refractivity contribution in [1.29, 1.82) is 5.26 Å². The van der Waals surface area contributed by atoms with Crippen LogP contribution in [0.2, 0.25) is 0 Å². The number of nitriles is 1. The lowest BCUT2D eigenvalue weighted by molar-refractivity contribution is 0.109. The van der Waals surface area contributed by atoms with Gasteiger partial charge in [0.15, 0.2) is 11.5 Å². The highest BCUT2D eigenvalue weighted by molar-refractivity contribution is 5.55. The Morgan fingerprint density at radius 2 is 2.10 bits per heavy atom. The lowest BCUT2D eigenvalue weighted by Gasteiger charge is -2.40. The van der Waals surface area contributed by atoms with E-state index >= 15 is 0 Å². The molecule has 0 unspecified atom stereocenters. The van der Waals surface area contributed by atoms with Gasteiger partial charge in [-0.2, -0.15) is 9.78 Å². The monoisotopic (exact) mass is 418 g/mol. The van der Waals surface area contributed by atoms with Gasteiger partial charge in [0.1, 0.15) is 17.7 Å². The number of hydrogen-bond donors (Lipinski definition) is 1. The first-order chi connectivity index (χ1) is 14.9. The topological polar surface area (TPSA) is 104 Å². The van der Waals surface area contributed by atoms with E-state index in [0.29, 0.717) is 30.5 Å². The van der Waals surface area contributed by atoms with Crippen molar-refractivity contribution in [2.75, 3.05) is 36.5 Å². The third-order valence-corrected chi connectivity index (χ3v) is 5.81. The summed E-state index contributed by atoms with van der Waals surface area (Å²) in [4.78, 5) is 6.95. The smallest absolute Gasteiger partial charge is 0.178 e. The van der Waals surface area contributed by atoms with Crippen molar-refractivity contribution < 1.29 is 4.74 Å². The summed E-state index contributed by atoms with van der Waals surface area (Å²) in [6, 6.07) is 8.13. The Morgan fingerprint density at radius 3 is 2.87 bits per heavy atom. The molecule has 1 fully saturated rings. The van der Waals surface area contributed by atoms with Crippen LogP contribution in [-0.2, 0) is 23.2 Å². The van der Waals surface area contributed by atoms with Gasteiger partial charge in [0.05, 0.1) is 24.5 Å². The van der Waals surface area contributed by atoms with Crippen LogP contribution < -0.4 is 10.2 Å². The SMILES string of the molecule is CC(C)(C)c1nnc2ccc(N3CC(CNc4nc5c(cc4C#N)COCC5)C3)nn12. The molecule has 0 aliphatic carbocycles. The Balaban J connectivity index is 1.24. The lowest BCUT2D eigenvalue weighted by atomic mass is 9.96. The summed E-state index contributed by atoms with van der Waals surface area (Å²) < 4.78 is 7.32. The third kappa shape index (κ3) is 3.68. The normalized spacial score (nSPS) is 16.6. The van der Waals surface area contributed by atoms with E-state index in [-0.39, 0.29) is 5.41 Å². The van der Waals surface area contributed by atoms with Crippen LogP contribution in [0.25, 0.3) is 5.65 Å². The summed E-state index contributed by atoms with van der Waals surface area (Å²) in [6.07, 6.45) is 0.792. The number of rotatable bonds is 4. The molecule has 31 heavy (non-hydrogen) atoms. The molecule has 0 bridgehead atoms. The number of nitrogens with zero attached hydrogens (tertiary/aromatic N) is 7. The van der Waals surface area contributed by atoms with Crippen molar-refractivity contribution >= 4 is 17.3 Å². The summed E-state index contributed by atoms with van der Waals surface area (Å²) in [6.45, 7) is 10.1. The minimum absolute atomic E-state index is 0.126. The highest BCUT2D eigenvalue weighted by atomic mass is 16.5. The van der Waals surface area contributed by atoms with Gasteiger partial charge in [0.2, 0.25) is 0 Å². The number of hydrogen-bond acceptors (Lipinski definition) is 8. The van der Waals surface area contributed by atoms with E-state index in [1.54, 1.807) is 0 Å². The Hall–Kier alpha value is -3.25. The van der Waals surface area contributed by atoms with E-state index in [1.807, 2.05) is 22.7 Å². The first kappa shape index (κ1) is 19.7. The number of fused-ring (bicyclic) bond motifs is 2. The molecule has 9 heteroatoms. The fraction of sp³-hybridized carbons (Fsp3) is 0.500. The van der Waals surface area contributed by atoms with Crippen LogP contribution in [0.15, 0.2) is 18.2 Å². The minimum Gasteiger partial charge on any atom is -0.376 e. The van der Waals surface area contributed by atoms with Crippen LogP contribution in [-0.4, -0.2) is 51.0 Å². The molecule has 0 atom stereocenters. The van der Waals surface area contributed by atoms with Crippen LogP contribution in [0.3, 0.4) is 0 Å². The molecular weight excluding hydrogens is 392 g/mol. The van der Waals surface area contributed by atoms with Gasteiger partial charge in [0.25, 0.3) is 0 Å². The maximum absolute atomic E-state index is 9.50. The predicted molar refractivity (Wildman–Crippen MR) is 116 cm³/mol. The Kier molecular flexibility index (Phi) is 4.74. The molecule has 2 aliphatic heterocycles. The number of pyridine rings is 1. The summed E-state index contributed by atoms with van der Waals surface area (Å²) in [5, 5.41) is 26.2. The Morgan fingerprint density at radius 1 is 1.26 bits per heavy atom. The summed E-state index contributed by atoms with van der Waals surface area (Å²) in [7, 11) is 0. The minimum atomic E-state index is -0.126. The fourth-order valence-electron chi connectivity index (χ4n) is 4.05. The zero-order chi connectivity index (χ0) is 21.6. The van der Waals surface area contributed by atoms with E-state index < -0.39 is 0 Å². The van der Waals surface area contributed by atoms with Gasteiger partial charge in [-0.3, -0.25) is 0 Å². The molecule has 9 nitrogen and oxygen atoms in total. The van der Waals surface area contributed by atoms with Gasteiger partial charge >= 0.3 is 0 Å². The van der Waals surface area contributed by atoms with Gasteiger partial charge in [0, 0.05) is 43.0 Å². The molecule has 0 saturated carbocycles. The number of aromatic nitrogens is 5. The second-order valence-electron chi connectivity index (χ2n) is 9.29. The Labute approximate surface area is 181 Å². The second-order valence-corrected chi connectivity index (χ2v) is 9.29. The standard InChI is InChI=1S/C22H26N8O/c1-22(2,3)21-27-26-18-4-5-19(28-30(18)21)29-11-14(12-29)10-24-20-15(9-23)8-16-13-31-7-6-17(16)25-20/h4-5,8,14H,6-7,10-13H2,1-3H3,(H,24,25). The molecule has 0 spiro atoms. The Bertz CT molecular complexity index is 1170. The highest BCUT2D eigenvalue weighted by Crippen LogP contribution is 2.27. The van der Waals surface area contributed by atoms with E-state index in [2.05, 4.69) is 47.3 Å². The molecule has 3 aromatic rings. The number of anilines is 2. The van der Waals surface area contributed by atoms with Crippen LogP contribution in [0.4, 0.5) is 11.6 Å². The van der Waals surface area contributed by atoms with E-state index in [1.165, 1.54) is 0 Å². The van der Waals surface area contributed by atoms with Crippen molar-refractivity contribution in [2.45, 2.75) is 39.2 Å². The van der Waals surface area contributed by atoms with Crippen molar-refractivity contribution in [1.82, 2.24) is 24.8 Å². The van der Waals surface area contributed by atoms with Gasteiger partial charge in [-0.1, -0.05) is 20.8 Å². The molecular formula is C22H26N8O. The lowest BCUT2D eigenvalue weighted by Crippen LogP contribution is -2.50. The first-order valence-corrected chi connectivity index (χ1v) is 10.6. The average molecular weight is 419 g/mol. The molecule has 5 heterocycles. The highest BCUT2D eigenvalue weighted by Gasteiger charge is 2.29. The van der Waals surface area contributed by atoms with E-state index in [4.69, 9.17) is 14.8 Å². The molecule has 0 aromatic carbocycles. The third-order valence-electron chi connectivity index (χ3n) is 5.81. The molecule has 3 aromatic heterocycles. The van der Waals surface area contributed by atoms with Gasteiger partial charge in [-0.05, 0) is 18.2 Å². The summed E-state index contributed by atoms with van der Waals surface area (Å²) >= 11 is 0. The maximum atomic E-state index is 9.50. The molecule has 160 valence electrons. The van der Waals surface area contributed by atoms with Crippen molar-refractivity contribution in [3.05, 3.63) is 40.8 Å². The molecule has 2 aliphatic rings. The molecule has 1 saturated heterocycles. The van der Waals surface area contributed by atoms with Crippen LogP contribution >= 0.6 is 0 Å². The molecule has 1 N–H and O–H groups in total. The molecule has 5 rings (SSSR count). The number of nitrogens with one attached hydrogen (secondary N) is 1. The average Bonchev–Trinajstić information content (AvgIpc) is 3.16. The van der Waals surface area contributed by atoms with Crippen molar-refractivity contribution in [3.8, 4) is 6.07 Å². The van der Waals surface area contributed by atoms with Crippen LogP contribution in [0.1, 0.15) is 43.4 Å². The number of ether oxygens (including phenoxy) is 1. The predicted octanol–water partition coefficient (Wildman–Crippen LogP) is 2.31. The quantitative estimate of drug-likeness (QED) is 0.688. The zero-order valence-electron chi connectivity index (χ0n) is 18.1. The van der Waals surface area contributed by atoms with E-state index in [9.17, 15) is 5.26 Å².